The van der Waals surface area contributed by atoms with Gasteiger partial charge in [0.1, 0.15) is 11.5 Å². The molecule has 1 aromatic rings. The first-order valence-electron chi connectivity index (χ1n) is 9.59. The largest absolute Gasteiger partial charge is 0.361 e. The predicted octanol–water partition coefficient (Wildman–Crippen LogP) is 3.46. The van der Waals surface area contributed by atoms with Crippen LogP contribution in [0.1, 0.15) is 76.2 Å². The number of nitrogens with zero attached hydrogens (tertiary/aromatic N) is 2. The molecular formula is C19H31N3O2. The first-order chi connectivity index (χ1) is 11.6. The molecule has 2 atom stereocenters. The molecule has 2 aliphatic heterocycles. The van der Waals surface area contributed by atoms with Gasteiger partial charge in [-0.15, -0.1) is 0 Å². The lowest BCUT2D eigenvalue weighted by Crippen LogP contribution is -2.48. The molecule has 5 heteroatoms. The van der Waals surface area contributed by atoms with E-state index in [-0.39, 0.29) is 5.91 Å². The molecule has 0 bridgehead atoms. The molecule has 3 heterocycles. The summed E-state index contributed by atoms with van der Waals surface area (Å²) in [6, 6.07) is 2.66. The van der Waals surface area contributed by atoms with Crippen molar-refractivity contribution in [2.75, 3.05) is 13.1 Å². The summed E-state index contributed by atoms with van der Waals surface area (Å²) in [5.74, 6) is 2.03. The van der Waals surface area contributed by atoms with Crippen LogP contribution in [0.4, 0.5) is 0 Å². The monoisotopic (exact) mass is 333 g/mol. The van der Waals surface area contributed by atoms with E-state index < -0.39 is 0 Å². The summed E-state index contributed by atoms with van der Waals surface area (Å²) >= 11 is 0. The SMILES string of the molecule is CC(C)c1cc(CNC(=O)CC[C@@H]2CCCN3CCCC[C@H]23)no1. The van der Waals surface area contributed by atoms with Crippen molar-refractivity contribution >= 4 is 5.91 Å². The fraction of sp³-hybridized carbons (Fsp3) is 0.789. The van der Waals surface area contributed by atoms with E-state index in [1.165, 1.54) is 45.2 Å². The Hall–Kier alpha value is -1.36. The molecule has 1 N–H and O–H groups in total. The third-order valence-corrected chi connectivity index (χ3v) is 5.58. The number of aromatic nitrogens is 1. The first-order valence-corrected chi connectivity index (χ1v) is 9.59. The number of piperidine rings is 2. The van der Waals surface area contributed by atoms with E-state index in [2.05, 4.69) is 29.2 Å². The van der Waals surface area contributed by atoms with Crippen molar-refractivity contribution in [3.8, 4) is 0 Å². The van der Waals surface area contributed by atoms with E-state index in [9.17, 15) is 4.79 Å². The highest BCUT2D eigenvalue weighted by atomic mass is 16.5. The van der Waals surface area contributed by atoms with Gasteiger partial charge in [0.05, 0.1) is 6.54 Å². The van der Waals surface area contributed by atoms with E-state index in [1.807, 2.05) is 6.07 Å². The van der Waals surface area contributed by atoms with Gasteiger partial charge in [-0.05, 0) is 51.1 Å². The van der Waals surface area contributed by atoms with Crippen molar-refractivity contribution in [1.82, 2.24) is 15.4 Å². The maximum atomic E-state index is 12.2. The van der Waals surface area contributed by atoms with E-state index in [0.29, 0.717) is 24.8 Å². The van der Waals surface area contributed by atoms with Crippen LogP contribution in [0.2, 0.25) is 0 Å². The zero-order valence-corrected chi connectivity index (χ0v) is 15.1. The van der Waals surface area contributed by atoms with E-state index in [0.717, 1.165) is 23.9 Å². The molecule has 0 radical (unpaired) electrons. The number of hydrogen-bond acceptors (Lipinski definition) is 4. The Kier molecular flexibility index (Phi) is 5.93. The van der Waals surface area contributed by atoms with Gasteiger partial charge >= 0.3 is 0 Å². The molecule has 1 aromatic heterocycles. The maximum Gasteiger partial charge on any atom is 0.220 e. The zero-order chi connectivity index (χ0) is 16.9. The number of rotatable bonds is 6. The van der Waals surface area contributed by atoms with Crippen molar-refractivity contribution in [1.29, 1.82) is 0 Å². The average Bonchev–Trinajstić information content (AvgIpc) is 3.07. The highest BCUT2D eigenvalue weighted by Crippen LogP contribution is 2.33. The number of carbonyl (C=O) groups is 1. The van der Waals surface area contributed by atoms with Gasteiger partial charge < -0.3 is 14.7 Å². The van der Waals surface area contributed by atoms with E-state index >= 15 is 0 Å². The van der Waals surface area contributed by atoms with Crippen molar-refractivity contribution in [3.05, 3.63) is 17.5 Å². The number of hydrogen-bond donors (Lipinski definition) is 1. The average molecular weight is 333 g/mol. The summed E-state index contributed by atoms with van der Waals surface area (Å²) in [7, 11) is 0. The summed E-state index contributed by atoms with van der Waals surface area (Å²) in [6.45, 7) is 7.13. The van der Waals surface area contributed by atoms with E-state index in [1.54, 1.807) is 0 Å². The first kappa shape index (κ1) is 17.5. The van der Waals surface area contributed by atoms with E-state index in [4.69, 9.17) is 4.52 Å². The molecule has 2 saturated heterocycles. The van der Waals surface area contributed by atoms with Crippen LogP contribution >= 0.6 is 0 Å². The molecule has 24 heavy (non-hydrogen) atoms. The number of carbonyl (C=O) groups excluding carboxylic acids is 1. The maximum absolute atomic E-state index is 12.2. The lowest BCUT2D eigenvalue weighted by molar-refractivity contribution is -0.121. The van der Waals surface area contributed by atoms with Gasteiger partial charge in [-0.25, -0.2) is 0 Å². The Bertz CT molecular complexity index is 538. The van der Waals surface area contributed by atoms with Crippen LogP contribution in [-0.2, 0) is 11.3 Å². The third kappa shape index (κ3) is 4.38. The standard InChI is InChI=1S/C19H31N3O2/c1-14(2)18-12-16(21-24-18)13-20-19(23)9-8-15-6-5-11-22-10-4-3-7-17(15)22/h12,14-15,17H,3-11,13H2,1-2H3,(H,20,23)/t15-,17+/m0/s1. The second-order valence-electron chi connectivity index (χ2n) is 7.69. The second-order valence-corrected chi connectivity index (χ2v) is 7.69. The van der Waals surface area contributed by atoms with Crippen LogP contribution in [0, 0.1) is 5.92 Å². The highest BCUT2D eigenvalue weighted by Gasteiger charge is 2.32. The minimum Gasteiger partial charge on any atom is -0.361 e. The van der Waals surface area contributed by atoms with Crippen molar-refractivity contribution in [3.63, 3.8) is 0 Å². The molecule has 0 aliphatic carbocycles. The molecule has 0 spiro atoms. The molecule has 0 saturated carbocycles. The van der Waals surface area contributed by atoms with Crippen LogP contribution in [-0.4, -0.2) is 35.1 Å². The lowest BCUT2D eigenvalue weighted by atomic mass is 9.81. The van der Waals surface area contributed by atoms with Crippen molar-refractivity contribution < 1.29 is 9.32 Å². The Labute approximate surface area is 145 Å². The smallest absolute Gasteiger partial charge is 0.220 e. The van der Waals surface area contributed by atoms with Gasteiger partial charge in [0, 0.05) is 24.4 Å². The summed E-state index contributed by atoms with van der Waals surface area (Å²) in [5.41, 5.74) is 0.808. The Balaban J connectivity index is 1.41. The molecule has 1 amide bonds. The highest BCUT2D eigenvalue weighted by molar-refractivity contribution is 5.75. The fourth-order valence-corrected chi connectivity index (χ4v) is 4.19. The second kappa shape index (κ2) is 8.15. The quantitative estimate of drug-likeness (QED) is 0.866. The topological polar surface area (TPSA) is 58.4 Å². The van der Waals surface area contributed by atoms with Crippen LogP contribution in [0.15, 0.2) is 10.6 Å². The van der Waals surface area contributed by atoms with Crippen LogP contribution in [0.25, 0.3) is 0 Å². The molecular weight excluding hydrogens is 302 g/mol. The molecule has 134 valence electrons. The van der Waals surface area contributed by atoms with Crippen LogP contribution in [0.3, 0.4) is 0 Å². The molecule has 2 fully saturated rings. The van der Waals surface area contributed by atoms with Gasteiger partial charge in [-0.2, -0.15) is 0 Å². The van der Waals surface area contributed by atoms with Crippen LogP contribution < -0.4 is 5.32 Å². The number of fused-ring (bicyclic) bond motifs is 1. The number of amides is 1. The van der Waals surface area contributed by atoms with Gasteiger partial charge in [0.15, 0.2) is 0 Å². The molecule has 0 unspecified atom stereocenters. The third-order valence-electron chi connectivity index (χ3n) is 5.58. The molecule has 0 aromatic carbocycles. The van der Waals surface area contributed by atoms with Gasteiger partial charge in [0.25, 0.3) is 0 Å². The zero-order valence-electron chi connectivity index (χ0n) is 15.1. The van der Waals surface area contributed by atoms with Gasteiger partial charge in [-0.1, -0.05) is 25.4 Å². The summed E-state index contributed by atoms with van der Waals surface area (Å²) in [6.07, 6.45) is 8.25. The molecule has 5 nitrogen and oxygen atoms in total. The van der Waals surface area contributed by atoms with Gasteiger partial charge in [-0.3, -0.25) is 4.79 Å². The normalized spacial score (nSPS) is 24.8. The van der Waals surface area contributed by atoms with Crippen molar-refractivity contribution in [2.24, 2.45) is 5.92 Å². The minimum absolute atomic E-state index is 0.136. The summed E-state index contributed by atoms with van der Waals surface area (Å²) in [5, 5.41) is 7.00. The van der Waals surface area contributed by atoms with Crippen molar-refractivity contribution in [2.45, 2.75) is 77.3 Å². The number of nitrogens with one attached hydrogen (secondary N) is 1. The lowest BCUT2D eigenvalue weighted by Gasteiger charge is -2.44. The molecule has 2 aliphatic rings. The minimum atomic E-state index is 0.136. The Morgan fingerprint density at radius 2 is 2.17 bits per heavy atom. The fourth-order valence-electron chi connectivity index (χ4n) is 4.19. The van der Waals surface area contributed by atoms with Gasteiger partial charge in [0.2, 0.25) is 5.91 Å². The predicted molar refractivity (Wildman–Crippen MR) is 93.6 cm³/mol. The Morgan fingerprint density at radius 3 is 2.96 bits per heavy atom. The Morgan fingerprint density at radius 1 is 1.33 bits per heavy atom. The van der Waals surface area contributed by atoms with Crippen LogP contribution in [0.5, 0.6) is 0 Å². The summed E-state index contributed by atoms with van der Waals surface area (Å²) in [4.78, 5) is 14.8. The summed E-state index contributed by atoms with van der Waals surface area (Å²) < 4.78 is 5.27. The molecule has 3 rings (SSSR count).